The van der Waals surface area contributed by atoms with Crippen LogP contribution in [-0.4, -0.2) is 20.5 Å². The second kappa shape index (κ2) is 4.56. The first-order valence-corrected chi connectivity index (χ1v) is 6.92. The van der Waals surface area contributed by atoms with Gasteiger partial charge in [0.15, 0.2) is 5.65 Å². The lowest BCUT2D eigenvalue weighted by atomic mass is 10.1. The fourth-order valence-electron chi connectivity index (χ4n) is 2.60. The quantitative estimate of drug-likeness (QED) is 0.741. The van der Waals surface area contributed by atoms with Crippen LogP contribution < -0.4 is 0 Å². The Balaban J connectivity index is 1.70. The molecule has 2 aromatic heterocycles. The molecule has 1 fully saturated rings. The van der Waals surface area contributed by atoms with E-state index in [-0.39, 0.29) is 18.7 Å². The first-order valence-electron chi connectivity index (χ1n) is 6.92. The molecular formula is C16H11F3N3. The van der Waals surface area contributed by atoms with Crippen molar-refractivity contribution in [2.75, 3.05) is 0 Å². The molecule has 0 aliphatic heterocycles. The molecule has 3 aromatic rings. The second-order valence-electron chi connectivity index (χ2n) is 5.53. The van der Waals surface area contributed by atoms with Crippen molar-refractivity contribution >= 4 is 5.65 Å². The number of hydrogen-bond acceptors (Lipinski definition) is 2. The molecule has 1 aliphatic carbocycles. The molecule has 0 amide bonds. The second-order valence-corrected chi connectivity index (χ2v) is 5.53. The maximum Gasteiger partial charge on any atom is 0.252 e. The average Bonchev–Trinajstić information content (AvgIpc) is 2.92. The monoisotopic (exact) mass is 302 g/mol. The van der Waals surface area contributed by atoms with E-state index >= 15 is 0 Å². The van der Waals surface area contributed by atoms with Gasteiger partial charge in [0.1, 0.15) is 11.6 Å². The van der Waals surface area contributed by atoms with E-state index in [1.54, 1.807) is 34.9 Å². The third kappa shape index (κ3) is 2.15. The molecule has 1 aliphatic rings. The smallest absolute Gasteiger partial charge is 0.252 e. The minimum absolute atomic E-state index is 0.0915. The zero-order chi connectivity index (χ0) is 15.3. The van der Waals surface area contributed by atoms with Gasteiger partial charge in [-0.3, -0.25) is 4.40 Å². The molecule has 0 bridgehead atoms. The van der Waals surface area contributed by atoms with Crippen LogP contribution in [0.3, 0.4) is 0 Å². The first-order chi connectivity index (χ1) is 10.5. The van der Waals surface area contributed by atoms with Gasteiger partial charge in [-0.05, 0) is 29.8 Å². The average molecular weight is 302 g/mol. The van der Waals surface area contributed by atoms with Crippen LogP contribution >= 0.6 is 0 Å². The largest absolute Gasteiger partial charge is 0.286 e. The summed E-state index contributed by atoms with van der Waals surface area (Å²) >= 11 is 0. The normalized spacial score (nSPS) is 19.5. The van der Waals surface area contributed by atoms with Crippen molar-refractivity contribution in [3.8, 4) is 11.1 Å². The molecule has 0 saturated heterocycles. The molecule has 6 heteroatoms. The van der Waals surface area contributed by atoms with Crippen molar-refractivity contribution < 1.29 is 13.2 Å². The van der Waals surface area contributed by atoms with Gasteiger partial charge in [-0.25, -0.2) is 13.2 Å². The molecule has 3 nitrogen and oxygen atoms in total. The highest BCUT2D eigenvalue weighted by Crippen LogP contribution is 2.50. The highest BCUT2D eigenvalue weighted by atomic mass is 19.3. The lowest BCUT2D eigenvalue weighted by molar-refractivity contribution is 0.0984. The van der Waals surface area contributed by atoms with E-state index in [1.807, 2.05) is 0 Å². The molecule has 22 heavy (non-hydrogen) atoms. The summed E-state index contributed by atoms with van der Waals surface area (Å²) in [5, 5.41) is 7.98. The van der Waals surface area contributed by atoms with Crippen LogP contribution in [0.2, 0.25) is 0 Å². The summed E-state index contributed by atoms with van der Waals surface area (Å²) in [4.78, 5) is 0. The highest BCUT2D eigenvalue weighted by molar-refractivity contribution is 5.67. The number of fused-ring (bicyclic) bond motifs is 1. The van der Waals surface area contributed by atoms with Crippen LogP contribution in [-0.2, 0) is 6.42 Å². The first kappa shape index (κ1) is 13.3. The molecule has 1 unspecified atom stereocenters. The third-order valence-electron chi connectivity index (χ3n) is 3.99. The molecule has 1 aromatic carbocycles. The Kier molecular flexibility index (Phi) is 2.76. The minimum atomic E-state index is -2.57. The van der Waals surface area contributed by atoms with Crippen molar-refractivity contribution in [2.24, 2.45) is 5.92 Å². The molecule has 1 atom stereocenters. The molecular weight excluding hydrogens is 291 g/mol. The zero-order valence-electron chi connectivity index (χ0n) is 11.4. The number of alkyl halides is 2. The van der Waals surface area contributed by atoms with Crippen LogP contribution in [0.1, 0.15) is 12.2 Å². The number of hydrogen-bond donors (Lipinski definition) is 0. The topological polar surface area (TPSA) is 30.2 Å². The Bertz CT molecular complexity index is 857. The van der Waals surface area contributed by atoms with E-state index < -0.39 is 11.8 Å². The maximum absolute atomic E-state index is 13.8. The Labute approximate surface area is 124 Å². The fourth-order valence-corrected chi connectivity index (χ4v) is 2.60. The van der Waals surface area contributed by atoms with E-state index in [9.17, 15) is 13.2 Å². The van der Waals surface area contributed by atoms with Crippen molar-refractivity contribution in [2.45, 2.75) is 18.8 Å². The summed E-state index contributed by atoms with van der Waals surface area (Å²) < 4.78 is 41.5. The molecule has 0 N–H and O–H groups in total. The summed E-state index contributed by atoms with van der Waals surface area (Å²) in [5.41, 5.74) is 1.62. The van der Waals surface area contributed by atoms with Crippen molar-refractivity contribution in [3.63, 3.8) is 0 Å². The van der Waals surface area contributed by atoms with Crippen molar-refractivity contribution in [1.29, 1.82) is 0 Å². The maximum atomic E-state index is 13.8. The van der Waals surface area contributed by atoms with E-state index in [1.165, 1.54) is 6.07 Å². The van der Waals surface area contributed by atoms with E-state index in [0.29, 0.717) is 22.6 Å². The highest BCUT2D eigenvalue weighted by Gasteiger charge is 2.56. The SMILES string of the molecule is Fc1c[c]ccc1-c1ccn2c(CC3CC3(F)F)nnc2c1. The number of benzene rings is 1. The molecule has 4 rings (SSSR count). The summed E-state index contributed by atoms with van der Waals surface area (Å²) in [6.45, 7) is 0. The Morgan fingerprint density at radius 2 is 2.14 bits per heavy atom. The van der Waals surface area contributed by atoms with Crippen molar-refractivity contribution in [1.82, 2.24) is 14.6 Å². The summed E-state index contributed by atoms with van der Waals surface area (Å²) in [6, 6.07) is 10.6. The van der Waals surface area contributed by atoms with Gasteiger partial charge >= 0.3 is 0 Å². The summed E-state index contributed by atoms with van der Waals surface area (Å²) in [5.74, 6) is -3.09. The van der Waals surface area contributed by atoms with E-state index in [2.05, 4.69) is 16.3 Å². The van der Waals surface area contributed by atoms with Gasteiger partial charge in [0.25, 0.3) is 5.92 Å². The molecule has 2 heterocycles. The molecule has 1 saturated carbocycles. The van der Waals surface area contributed by atoms with Crippen LogP contribution in [0.25, 0.3) is 16.8 Å². The Morgan fingerprint density at radius 1 is 1.32 bits per heavy atom. The van der Waals surface area contributed by atoms with Crippen LogP contribution in [0.15, 0.2) is 36.5 Å². The van der Waals surface area contributed by atoms with E-state index in [0.717, 1.165) is 0 Å². The lowest BCUT2D eigenvalue weighted by Gasteiger charge is -2.04. The number of pyridine rings is 1. The number of rotatable bonds is 3. The zero-order valence-corrected chi connectivity index (χ0v) is 11.4. The number of nitrogens with zero attached hydrogens (tertiary/aromatic N) is 3. The lowest BCUT2D eigenvalue weighted by Crippen LogP contribution is -2.02. The van der Waals surface area contributed by atoms with Gasteiger partial charge < -0.3 is 0 Å². The predicted octanol–water partition coefficient (Wildman–Crippen LogP) is 3.53. The van der Waals surface area contributed by atoms with Gasteiger partial charge in [-0.2, -0.15) is 0 Å². The van der Waals surface area contributed by atoms with Crippen LogP contribution in [0.4, 0.5) is 13.2 Å². The molecule has 1 radical (unpaired) electrons. The molecule has 0 spiro atoms. The van der Waals surface area contributed by atoms with Gasteiger partial charge in [-0.1, -0.05) is 12.1 Å². The molecule has 111 valence electrons. The van der Waals surface area contributed by atoms with Crippen LogP contribution in [0.5, 0.6) is 0 Å². The minimum Gasteiger partial charge on any atom is -0.286 e. The van der Waals surface area contributed by atoms with Gasteiger partial charge in [-0.15, -0.1) is 10.2 Å². The summed E-state index contributed by atoms with van der Waals surface area (Å²) in [7, 11) is 0. The van der Waals surface area contributed by atoms with Gasteiger partial charge in [0.2, 0.25) is 0 Å². The van der Waals surface area contributed by atoms with E-state index in [4.69, 9.17) is 0 Å². The number of aromatic nitrogens is 3. The number of halogens is 3. The van der Waals surface area contributed by atoms with Gasteiger partial charge in [0, 0.05) is 30.5 Å². The predicted molar refractivity (Wildman–Crippen MR) is 74.0 cm³/mol. The van der Waals surface area contributed by atoms with Crippen LogP contribution in [0, 0.1) is 17.8 Å². The Morgan fingerprint density at radius 3 is 2.86 bits per heavy atom. The fraction of sp³-hybridized carbons (Fsp3) is 0.250. The van der Waals surface area contributed by atoms with Gasteiger partial charge in [0.05, 0.1) is 0 Å². The Hall–Kier alpha value is -2.37. The van der Waals surface area contributed by atoms with Crippen molar-refractivity contribution in [3.05, 3.63) is 54.2 Å². The standard InChI is InChI=1S/C16H11F3N3/c17-13-4-2-1-3-12(13)10-5-6-22-14(7-10)20-21-15(22)8-11-9-16(11,18)19/h1,3-7,11H,8-9H2. The summed E-state index contributed by atoms with van der Waals surface area (Å²) in [6.07, 6.45) is 1.80. The third-order valence-corrected chi connectivity index (χ3v) is 3.99.